The Bertz CT molecular complexity index is 666. The van der Waals surface area contributed by atoms with Crippen LogP contribution in [0.2, 0.25) is 0 Å². The predicted octanol–water partition coefficient (Wildman–Crippen LogP) is 1.11. The smallest absolute Gasteiger partial charge is 0.271 e. The molecule has 2 unspecified atom stereocenters. The van der Waals surface area contributed by atoms with E-state index in [9.17, 15) is 4.79 Å². The maximum atomic E-state index is 12.1. The summed E-state index contributed by atoms with van der Waals surface area (Å²) in [5, 5.41) is 3.44. The van der Waals surface area contributed by atoms with Crippen molar-refractivity contribution in [2.45, 2.75) is 32.5 Å². The molecule has 0 spiro atoms. The van der Waals surface area contributed by atoms with Crippen molar-refractivity contribution in [1.82, 2.24) is 20.2 Å². The van der Waals surface area contributed by atoms with Gasteiger partial charge in [0.05, 0.1) is 11.0 Å². The number of piperazine rings is 1. The molecule has 0 bridgehead atoms. The quantitative estimate of drug-likeness (QED) is 0.859. The first-order chi connectivity index (χ1) is 9.63. The molecule has 20 heavy (non-hydrogen) atoms. The van der Waals surface area contributed by atoms with E-state index in [-0.39, 0.29) is 5.56 Å². The number of nitrogens with one attached hydrogen (secondary N) is 2. The van der Waals surface area contributed by atoms with Gasteiger partial charge in [-0.1, -0.05) is 12.1 Å². The Hall–Kier alpha value is -1.72. The summed E-state index contributed by atoms with van der Waals surface area (Å²) in [4.78, 5) is 21.9. The summed E-state index contributed by atoms with van der Waals surface area (Å²) in [5.41, 5.74) is 2.16. The van der Waals surface area contributed by atoms with Gasteiger partial charge in [0.25, 0.3) is 5.56 Å². The van der Waals surface area contributed by atoms with Gasteiger partial charge < -0.3 is 10.3 Å². The summed E-state index contributed by atoms with van der Waals surface area (Å²) in [7, 11) is 0. The fourth-order valence-electron chi connectivity index (χ4n) is 2.68. The number of aromatic nitrogens is 2. The fourth-order valence-corrected chi connectivity index (χ4v) is 2.68. The number of aromatic amines is 1. The standard InChI is InChI=1S/C15H20N4O/c1-10-8-19(11(2)7-16-10)9-14-15(20)18-13-6-4-3-5-12(13)17-14/h3-6,10-11,16H,7-9H2,1-2H3,(H,18,20). The van der Waals surface area contributed by atoms with Crippen LogP contribution in [0.15, 0.2) is 29.1 Å². The molecule has 3 rings (SSSR count). The Morgan fingerprint density at radius 3 is 3.00 bits per heavy atom. The number of para-hydroxylation sites is 2. The molecule has 2 atom stereocenters. The number of benzene rings is 1. The van der Waals surface area contributed by atoms with Crippen molar-refractivity contribution < 1.29 is 0 Å². The molecule has 0 radical (unpaired) electrons. The van der Waals surface area contributed by atoms with Crippen LogP contribution >= 0.6 is 0 Å². The maximum Gasteiger partial charge on any atom is 0.271 e. The molecule has 2 aromatic rings. The normalized spacial score (nSPS) is 24.1. The van der Waals surface area contributed by atoms with E-state index in [0.29, 0.717) is 24.3 Å². The first-order valence-corrected chi connectivity index (χ1v) is 7.09. The van der Waals surface area contributed by atoms with Crippen LogP contribution in [0, 0.1) is 0 Å². The van der Waals surface area contributed by atoms with Crippen LogP contribution in [0.4, 0.5) is 0 Å². The zero-order valence-electron chi connectivity index (χ0n) is 11.9. The van der Waals surface area contributed by atoms with Gasteiger partial charge in [-0.25, -0.2) is 4.98 Å². The zero-order chi connectivity index (χ0) is 14.1. The highest BCUT2D eigenvalue weighted by Crippen LogP contribution is 2.11. The largest absolute Gasteiger partial charge is 0.319 e. The third-order valence-corrected chi connectivity index (χ3v) is 3.92. The summed E-state index contributed by atoms with van der Waals surface area (Å²) in [6.07, 6.45) is 0. The topological polar surface area (TPSA) is 61.0 Å². The zero-order valence-corrected chi connectivity index (χ0v) is 11.9. The van der Waals surface area contributed by atoms with Gasteiger partial charge in [-0.3, -0.25) is 9.69 Å². The number of hydrogen-bond donors (Lipinski definition) is 2. The lowest BCUT2D eigenvalue weighted by Crippen LogP contribution is -2.54. The molecule has 106 valence electrons. The van der Waals surface area contributed by atoms with Crippen molar-refractivity contribution in [1.29, 1.82) is 0 Å². The fraction of sp³-hybridized carbons (Fsp3) is 0.467. The molecule has 2 N–H and O–H groups in total. The molecule has 2 heterocycles. The number of rotatable bonds is 2. The summed E-state index contributed by atoms with van der Waals surface area (Å²) in [6, 6.07) is 8.51. The Balaban J connectivity index is 1.90. The number of fused-ring (bicyclic) bond motifs is 1. The van der Waals surface area contributed by atoms with Crippen LogP contribution in [0.3, 0.4) is 0 Å². The minimum absolute atomic E-state index is 0.0814. The van der Waals surface area contributed by atoms with E-state index < -0.39 is 0 Å². The van der Waals surface area contributed by atoms with Crippen LogP contribution in [0.1, 0.15) is 19.5 Å². The summed E-state index contributed by atoms with van der Waals surface area (Å²) in [5.74, 6) is 0. The van der Waals surface area contributed by atoms with E-state index in [1.165, 1.54) is 0 Å². The van der Waals surface area contributed by atoms with Crippen molar-refractivity contribution >= 4 is 11.0 Å². The molecule has 1 aliphatic heterocycles. The second-order valence-electron chi connectivity index (χ2n) is 5.62. The Morgan fingerprint density at radius 1 is 1.35 bits per heavy atom. The SMILES string of the molecule is CC1CN(Cc2nc3ccccc3[nH]c2=O)C(C)CN1. The van der Waals surface area contributed by atoms with Gasteiger partial charge in [-0.15, -0.1) is 0 Å². The van der Waals surface area contributed by atoms with Gasteiger partial charge in [-0.05, 0) is 26.0 Å². The summed E-state index contributed by atoms with van der Waals surface area (Å²) >= 11 is 0. The van der Waals surface area contributed by atoms with Crippen LogP contribution in [0.25, 0.3) is 11.0 Å². The van der Waals surface area contributed by atoms with E-state index in [1.54, 1.807) is 0 Å². The highest BCUT2D eigenvalue weighted by Gasteiger charge is 2.23. The predicted molar refractivity (Wildman–Crippen MR) is 79.7 cm³/mol. The lowest BCUT2D eigenvalue weighted by atomic mass is 10.1. The number of H-pyrrole nitrogens is 1. The molecule has 1 aliphatic rings. The van der Waals surface area contributed by atoms with Crippen molar-refractivity contribution in [2.75, 3.05) is 13.1 Å². The summed E-state index contributed by atoms with van der Waals surface area (Å²) in [6.45, 7) is 6.83. The molecule has 1 aromatic carbocycles. The Morgan fingerprint density at radius 2 is 2.15 bits per heavy atom. The van der Waals surface area contributed by atoms with Crippen molar-refractivity contribution in [2.24, 2.45) is 0 Å². The van der Waals surface area contributed by atoms with Crippen LogP contribution in [-0.2, 0) is 6.54 Å². The van der Waals surface area contributed by atoms with Crippen molar-refractivity contribution in [3.05, 3.63) is 40.3 Å². The molecule has 1 saturated heterocycles. The third kappa shape index (κ3) is 2.59. The van der Waals surface area contributed by atoms with Gasteiger partial charge in [-0.2, -0.15) is 0 Å². The highest BCUT2D eigenvalue weighted by molar-refractivity contribution is 5.73. The van der Waals surface area contributed by atoms with E-state index >= 15 is 0 Å². The van der Waals surface area contributed by atoms with E-state index in [0.717, 1.165) is 24.1 Å². The maximum absolute atomic E-state index is 12.1. The van der Waals surface area contributed by atoms with Crippen LogP contribution in [-0.4, -0.2) is 40.0 Å². The minimum Gasteiger partial charge on any atom is -0.319 e. The van der Waals surface area contributed by atoms with Gasteiger partial charge in [0.1, 0.15) is 5.69 Å². The molecular formula is C15H20N4O. The molecule has 5 heteroatoms. The van der Waals surface area contributed by atoms with Crippen molar-refractivity contribution in [3.8, 4) is 0 Å². The summed E-state index contributed by atoms with van der Waals surface area (Å²) < 4.78 is 0. The molecule has 1 fully saturated rings. The second-order valence-corrected chi connectivity index (χ2v) is 5.62. The Kier molecular flexibility index (Phi) is 3.54. The molecule has 0 aliphatic carbocycles. The minimum atomic E-state index is -0.0814. The molecule has 1 aromatic heterocycles. The van der Waals surface area contributed by atoms with E-state index in [2.05, 4.69) is 34.0 Å². The highest BCUT2D eigenvalue weighted by atomic mass is 16.1. The van der Waals surface area contributed by atoms with Gasteiger partial charge in [0.2, 0.25) is 0 Å². The monoisotopic (exact) mass is 272 g/mol. The lowest BCUT2D eigenvalue weighted by Gasteiger charge is -2.37. The molecule has 0 amide bonds. The van der Waals surface area contributed by atoms with Gasteiger partial charge in [0.15, 0.2) is 0 Å². The van der Waals surface area contributed by atoms with Gasteiger partial charge >= 0.3 is 0 Å². The third-order valence-electron chi connectivity index (χ3n) is 3.92. The number of nitrogens with zero attached hydrogens (tertiary/aromatic N) is 2. The average molecular weight is 272 g/mol. The first-order valence-electron chi connectivity index (χ1n) is 7.09. The van der Waals surface area contributed by atoms with E-state index in [4.69, 9.17) is 0 Å². The van der Waals surface area contributed by atoms with Gasteiger partial charge in [0, 0.05) is 31.7 Å². The van der Waals surface area contributed by atoms with Crippen LogP contribution < -0.4 is 10.9 Å². The Labute approximate surface area is 118 Å². The average Bonchev–Trinajstić information content (AvgIpc) is 2.43. The van der Waals surface area contributed by atoms with Crippen LogP contribution in [0.5, 0.6) is 0 Å². The van der Waals surface area contributed by atoms with E-state index in [1.807, 2.05) is 24.3 Å². The molecule has 5 nitrogen and oxygen atoms in total. The molecule has 0 saturated carbocycles. The lowest BCUT2D eigenvalue weighted by molar-refractivity contribution is 0.137. The van der Waals surface area contributed by atoms with Crippen molar-refractivity contribution in [3.63, 3.8) is 0 Å². The molecular weight excluding hydrogens is 252 g/mol. The second kappa shape index (κ2) is 5.34. The first kappa shape index (κ1) is 13.3. The number of hydrogen-bond acceptors (Lipinski definition) is 4.